The van der Waals surface area contributed by atoms with Crippen molar-refractivity contribution in [2.45, 2.75) is 61.3 Å². The molecule has 0 bridgehead atoms. The first-order valence-electron chi connectivity index (χ1n) is 9.06. The maximum absolute atomic E-state index is 12.6. The largest absolute Gasteiger partial charge is 0.507 e. The van der Waals surface area contributed by atoms with Crippen molar-refractivity contribution in [3.63, 3.8) is 0 Å². The molecule has 148 valence electrons. The normalized spacial score (nSPS) is 10.5. The van der Waals surface area contributed by atoms with E-state index < -0.39 is 11.9 Å². The van der Waals surface area contributed by atoms with Crippen LogP contribution in [0.25, 0.3) is 0 Å². The molecule has 0 fully saturated rings. The molecule has 1 aromatic carbocycles. The van der Waals surface area contributed by atoms with Crippen LogP contribution in [0.3, 0.4) is 0 Å². The Morgan fingerprint density at radius 1 is 0.889 bits per heavy atom. The van der Waals surface area contributed by atoms with Crippen molar-refractivity contribution < 1.29 is 24.5 Å². The number of hydrogen-bond donors (Lipinski definition) is 2. The number of aromatic hydroxyl groups is 2. The second kappa shape index (κ2) is 9.40. The maximum atomic E-state index is 12.6. The van der Waals surface area contributed by atoms with Gasteiger partial charge >= 0.3 is 5.97 Å². The van der Waals surface area contributed by atoms with Crippen LogP contribution in [-0.4, -0.2) is 22.0 Å². The van der Waals surface area contributed by atoms with E-state index in [0.29, 0.717) is 11.1 Å². The van der Waals surface area contributed by atoms with E-state index in [0.717, 1.165) is 11.1 Å². The van der Waals surface area contributed by atoms with E-state index in [-0.39, 0.29) is 41.4 Å². The molecule has 5 heteroatoms. The summed E-state index contributed by atoms with van der Waals surface area (Å²) >= 11 is 0. The summed E-state index contributed by atoms with van der Waals surface area (Å²) in [7, 11) is 0. The molecule has 0 heterocycles. The Bertz CT molecular complexity index is 742. The van der Waals surface area contributed by atoms with Gasteiger partial charge in [-0.25, -0.2) is 0 Å². The summed E-state index contributed by atoms with van der Waals surface area (Å²) < 4.78 is 5.37. The molecule has 0 amide bonds. The van der Waals surface area contributed by atoms with Crippen molar-refractivity contribution in [1.82, 2.24) is 0 Å². The zero-order valence-corrected chi connectivity index (χ0v) is 17.3. The van der Waals surface area contributed by atoms with Crippen LogP contribution in [0.15, 0.2) is 23.3 Å². The Labute approximate surface area is 161 Å². The number of esters is 1. The molecule has 1 rings (SSSR count). The van der Waals surface area contributed by atoms with E-state index in [1.807, 2.05) is 39.8 Å². The predicted octanol–water partition coefficient (Wildman–Crippen LogP) is 4.88. The molecule has 0 saturated heterocycles. The van der Waals surface area contributed by atoms with Crippen LogP contribution < -0.4 is 4.74 Å². The van der Waals surface area contributed by atoms with Gasteiger partial charge in [-0.1, -0.05) is 37.1 Å². The van der Waals surface area contributed by atoms with Crippen molar-refractivity contribution >= 4 is 11.8 Å². The number of Topliss-reactive ketones (excluding diaryl/α,β-unsaturated/α-hetero) is 1. The van der Waals surface area contributed by atoms with Crippen LogP contribution in [0.1, 0.15) is 70.0 Å². The fraction of sp³-hybridized carbons (Fsp3) is 0.455. The fourth-order valence-corrected chi connectivity index (χ4v) is 2.59. The third-order valence-electron chi connectivity index (χ3n) is 4.04. The first-order chi connectivity index (χ1) is 12.5. The predicted molar refractivity (Wildman–Crippen MR) is 107 cm³/mol. The van der Waals surface area contributed by atoms with Gasteiger partial charge in [0.1, 0.15) is 22.8 Å². The van der Waals surface area contributed by atoms with E-state index in [2.05, 4.69) is 0 Å². The lowest BCUT2D eigenvalue weighted by atomic mass is 9.90. The average Bonchev–Trinajstić information content (AvgIpc) is 2.52. The fourth-order valence-electron chi connectivity index (χ4n) is 2.59. The Morgan fingerprint density at radius 2 is 1.30 bits per heavy atom. The lowest BCUT2D eigenvalue weighted by molar-refractivity contribution is -0.132. The molecule has 27 heavy (non-hydrogen) atoms. The first kappa shape index (κ1) is 22.5. The molecule has 0 aliphatic carbocycles. The summed E-state index contributed by atoms with van der Waals surface area (Å²) in [5.41, 5.74) is 2.56. The molecule has 0 radical (unpaired) electrons. The molecule has 0 aliphatic heterocycles. The molecule has 0 unspecified atom stereocenters. The minimum absolute atomic E-state index is 0.116. The molecule has 0 aliphatic rings. The van der Waals surface area contributed by atoms with E-state index in [4.69, 9.17) is 4.74 Å². The summed E-state index contributed by atoms with van der Waals surface area (Å²) in [6.45, 7) is 12.3. The number of rotatable bonds is 7. The number of hydrogen-bond acceptors (Lipinski definition) is 5. The van der Waals surface area contributed by atoms with Crippen LogP contribution in [0, 0.1) is 5.92 Å². The monoisotopic (exact) mass is 374 g/mol. The number of carbonyl (C=O) groups is 2. The van der Waals surface area contributed by atoms with E-state index >= 15 is 0 Å². The van der Waals surface area contributed by atoms with Gasteiger partial charge in [0, 0.05) is 24.0 Å². The van der Waals surface area contributed by atoms with Crippen molar-refractivity contribution in [2.24, 2.45) is 5.92 Å². The van der Waals surface area contributed by atoms with Crippen LogP contribution >= 0.6 is 0 Å². The Hall–Kier alpha value is -2.56. The van der Waals surface area contributed by atoms with Gasteiger partial charge in [-0.05, 0) is 40.5 Å². The van der Waals surface area contributed by atoms with Gasteiger partial charge in [-0.15, -0.1) is 0 Å². The van der Waals surface area contributed by atoms with Crippen molar-refractivity contribution in [2.75, 3.05) is 0 Å². The second-order valence-corrected chi connectivity index (χ2v) is 7.44. The van der Waals surface area contributed by atoms with Crippen LogP contribution in [0.2, 0.25) is 0 Å². The SMILES string of the molecule is CC(=O)Oc1c(CC=C(C)C)c(O)c(C(=O)C(C)C)c(O)c1CC=C(C)C. The summed E-state index contributed by atoms with van der Waals surface area (Å²) in [4.78, 5) is 24.3. The smallest absolute Gasteiger partial charge is 0.308 e. The highest BCUT2D eigenvalue weighted by molar-refractivity contribution is 6.03. The highest BCUT2D eigenvalue weighted by atomic mass is 16.5. The summed E-state index contributed by atoms with van der Waals surface area (Å²) in [6.07, 6.45) is 4.29. The van der Waals surface area contributed by atoms with Gasteiger partial charge in [0.2, 0.25) is 0 Å². The molecular formula is C22H30O5. The zero-order chi connectivity index (χ0) is 20.9. The van der Waals surface area contributed by atoms with Crippen molar-refractivity contribution in [3.05, 3.63) is 40.0 Å². The molecular weight excluding hydrogens is 344 g/mol. The number of ketones is 1. The van der Waals surface area contributed by atoms with E-state index in [1.165, 1.54) is 6.92 Å². The zero-order valence-electron chi connectivity index (χ0n) is 17.3. The highest BCUT2D eigenvalue weighted by Crippen LogP contribution is 2.44. The van der Waals surface area contributed by atoms with Gasteiger partial charge in [-0.2, -0.15) is 0 Å². The van der Waals surface area contributed by atoms with Gasteiger partial charge in [0.25, 0.3) is 0 Å². The van der Waals surface area contributed by atoms with Crippen LogP contribution in [-0.2, 0) is 17.6 Å². The number of carbonyl (C=O) groups excluding carboxylic acids is 2. The Morgan fingerprint density at radius 3 is 1.59 bits per heavy atom. The number of benzene rings is 1. The lowest BCUT2D eigenvalue weighted by Crippen LogP contribution is -2.13. The molecule has 0 spiro atoms. The quantitative estimate of drug-likeness (QED) is 0.308. The van der Waals surface area contributed by atoms with Gasteiger partial charge in [0.15, 0.2) is 5.78 Å². The summed E-state index contributed by atoms with van der Waals surface area (Å²) in [5.74, 6) is -1.88. The third kappa shape index (κ3) is 5.71. The average molecular weight is 374 g/mol. The van der Waals surface area contributed by atoms with E-state index in [1.54, 1.807) is 13.8 Å². The molecule has 0 atom stereocenters. The molecule has 1 aromatic rings. The minimum atomic E-state index is -0.561. The third-order valence-corrected chi connectivity index (χ3v) is 4.04. The van der Waals surface area contributed by atoms with Gasteiger partial charge < -0.3 is 14.9 Å². The van der Waals surface area contributed by atoms with Crippen LogP contribution in [0.4, 0.5) is 0 Å². The Balaban J connectivity index is 3.88. The minimum Gasteiger partial charge on any atom is -0.507 e. The molecule has 0 saturated carbocycles. The van der Waals surface area contributed by atoms with E-state index in [9.17, 15) is 19.8 Å². The highest BCUT2D eigenvalue weighted by Gasteiger charge is 2.29. The topological polar surface area (TPSA) is 83.8 Å². The summed E-state index contributed by atoms with van der Waals surface area (Å²) in [5, 5.41) is 21.6. The second-order valence-electron chi connectivity index (χ2n) is 7.44. The van der Waals surface area contributed by atoms with Gasteiger partial charge in [-0.3, -0.25) is 9.59 Å². The standard InChI is InChI=1S/C22H30O5/c1-12(2)8-10-16-20(25)18(19(24)14(5)6)21(26)17(11-9-13(3)4)22(16)27-15(7)23/h8-9,14,25-26H,10-11H2,1-7H3. The number of phenolic OH excluding ortho intramolecular Hbond substituents is 2. The number of phenols is 2. The van der Waals surface area contributed by atoms with Crippen molar-refractivity contribution in [3.8, 4) is 17.2 Å². The first-order valence-corrected chi connectivity index (χ1v) is 9.06. The Kier molecular flexibility index (Phi) is 7.82. The molecule has 2 N–H and O–H groups in total. The lowest BCUT2D eigenvalue weighted by Gasteiger charge is -2.20. The van der Waals surface area contributed by atoms with Crippen LogP contribution in [0.5, 0.6) is 17.2 Å². The maximum Gasteiger partial charge on any atom is 0.308 e. The molecule has 0 aromatic heterocycles. The molecule has 5 nitrogen and oxygen atoms in total. The summed E-state index contributed by atoms with van der Waals surface area (Å²) in [6, 6.07) is 0. The van der Waals surface area contributed by atoms with Gasteiger partial charge in [0.05, 0.1) is 0 Å². The number of allylic oxidation sites excluding steroid dienone is 4. The number of ether oxygens (including phenoxy) is 1. The van der Waals surface area contributed by atoms with Crippen molar-refractivity contribution in [1.29, 1.82) is 0 Å².